The Hall–Kier alpha value is -0.740. The molecule has 1 rings (SSSR count). The first-order valence-electron chi connectivity index (χ1n) is 3.84. The summed E-state index contributed by atoms with van der Waals surface area (Å²) in [7, 11) is 0. The van der Waals surface area contributed by atoms with Crippen LogP contribution in [0.4, 0.5) is 4.39 Å². The van der Waals surface area contributed by atoms with Gasteiger partial charge in [0.2, 0.25) is 0 Å². The predicted molar refractivity (Wildman–Crippen MR) is 54.7 cm³/mol. The van der Waals surface area contributed by atoms with E-state index < -0.39 is 6.04 Å². The summed E-state index contributed by atoms with van der Waals surface area (Å²) < 4.78 is 13.7. The van der Waals surface area contributed by atoms with Gasteiger partial charge in [-0.15, -0.1) is 0 Å². The predicted octanol–water partition coefficient (Wildman–Crippen LogP) is 2.50. The van der Waals surface area contributed by atoms with E-state index in [4.69, 9.17) is 5.73 Å². The van der Waals surface area contributed by atoms with Gasteiger partial charge in [-0.25, -0.2) is 9.37 Å². The van der Waals surface area contributed by atoms with E-state index >= 15 is 0 Å². The fourth-order valence-corrected chi connectivity index (χ4v) is 0.998. The molecule has 2 nitrogen and oxygen atoms in total. The van der Waals surface area contributed by atoms with Gasteiger partial charge in [-0.3, -0.25) is 0 Å². The van der Waals surface area contributed by atoms with Gasteiger partial charge in [-0.1, -0.05) is 6.07 Å². The van der Waals surface area contributed by atoms with Gasteiger partial charge < -0.3 is 5.73 Å². The normalized spacial score (nSPS) is 14.3. The topological polar surface area (TPSA) is 38.9 Å². The molecule has 1 heterocycles. The van der Waals surface area contributed by atoms with Crippen LogP contribution in [0.3, 0.4) is 0 Å². The summed E-state index contributed by atoms with van der Waals surface area (Å²) in [6.45, 7) is 1.60. The molecule has 0 aromatic carbocycles. The van der Waals surface area contributed by atoms with Crippen LogP contribution in [0.5, 0.6) is 0 Å². The summed E-state index contributed by atoms with van der Waals surface area (Å²) >= 11 is 3.19. The van der Waals surface area contributed by atoms with Crippen molar-refractivity contribution in [2.45, 2.75) is 13.0 Å². The van der Waals surface area contributed by atoms with Gasteiger partial charge in [-0.05, 0) is 40.6 Å². The molecule has 13 heavy (non-hydrogen) atoms. The SMILES string of the molecule is C[C@H](N)C(F)=Cc1ccc(Br)nc1. The van der Waals surface area contributed by atoms with Gasteiger partial charge >= 0.3 is 0 Å². The minimum atomic E-state index is -0.566. The van der Waals surface area contributed by atoms with E-state index in [0.717, 1.165) is 4.60 Å². The molecule has 0 saturated carbocycles. The van der Waals surface area contributed by atoms with Gasteiger partial charge in [0, 0.05) is 6.20 Å². The van der Waals surface area contributed by atoms with Crippen LogP contribution in [0.15, 0.2) is 28.8 Å². The van der Waals surface area contributed by atoms with Gasteiger partial charge in [-0.2, -0.15) is 0 Å². The van der Waals surface area contributed by atoms with Crippen LogP contribution >= 0.6 is 15.9 Å². The van der Waals surface area contributed by atoms with E-state index in [2.05, 4.69) is 20.9 Å². The fraction of sp³-hybridized carbons (Fsp3) is 0.222. The van der Waals surface area contributed by atoms with E-state index in [-0.39, 0.29) is 5.83 Å². The largest absolute Gasteiger partial charge is 0.322 e. The Morgan fingerprint density at radius 3 is 2.85 bits per heavy atom. The summed E-state index contributed by atoms with van der Waals surface area (Å²) in [5, 5.41) is 0. The van der Waals surface area contributed by atoms with Gasteiger partial charge in [0.05, 0.1) is 6.04 Å². The fourth-order valence-electron chi connectivity index (χ4n) is 0.763. The molecule has 0 aliphatic rings. The monoisotopic (exact) mass is 244 g/mol. The maximum absolute atomic E-state index is 13.0. The number of pyridine rings is 1. The Balaban J connectivity index is 2.85. The molecule has 0 amide bonds. The van der Waals surface area contributed by atoms with Crippen LogP contribution < -0.4 is 5.73 Å². The minimum absolute atomic E-state index is 0.343. The molecule has 0 aliphatic carbocycles. The number of nitrogens with two attached hydrogens (primary N) is 1. The summed E-state index contributed by atoms with van der Waals surface area (Å²) in [4.78, 5) is 3.96. The van der Waals surface area contributed by atoms with Crippen LogP contribution in [0.1, 0.15) is 12.5 Å². The highest BCUT2D eigenvalue weighted by Gasteiger charge is 2.01. The zero-order chi connectivity index (χ0) is 9.84. The zero-order valence-electron chi connectivity index (χ0n) is 7.17. The van der Waals surface area contributed by atoms with E-state index in [1.54, 1.807) is 25.3 Å². The van der Waals surface area contributed by atoms with Gasteiger partial charge in [0.15, 0.2) is 0 Å². The highest BCUT2D eigenvalue weighted by atomic mass is 79.9. The lowest BCUT2D eigenvalue weighted by Crippen LogP contribution is -2.14. The highest BCUT2D eigenvalue weighted by Crippen LogP contribution is 2.11. The molecule has 4 heteroatoms. The zero-order valence-corrected chi connectivity index (χ0v) is 8.75. The van der Waals surface area contributed by atoms with Crippen molar-refractivity contribution in [3.63, 3.8) is 0 Å². The number of aromatic nitrogens is 1. The average molecular weight is 245 g/mol. The van der Waals surface area contributed by atoms with E-state index in [1.807, 2.05) is 0 Å². The second-order valence-corrected chi connectivity index (χ2v) is 3.54. The Bertz CT molecular complexity index is 306. The smallest absolute Gasteiger partial charge is 0.117 e. The van der Waals surface area contributed by atoms with Crippen LogP contribution in [-0.4, -0.2) is 11.0 Å². The minimum Gasteiger partial charge on any atom is -0.322 e. The van der Waals surface area contributed by atoms with Gasteiger partial charge in [0.1, 0.15) is 10.4 Å². The Kier molecular flexibility index (Phi) is 3.57. The summed E-state index contributed by atoms with van der Waals surface area (Å²) in [5.41, 5.74) is 6.05. The van der Waals surface area contributed by atoms with E-state index in [0.29, 0.717) is 5.56 Å². The third-order valence-corrected chi connectivity index (χ3v) is 1.96. The number of nitrogens with zero attached hydrogens (tertiary/aromatic N) is 1. The third kappa shape index (κ3) is 3.24. The van der Waals surface area contributed by atoms with Crippen LogP contribution in [0.2, 0.25) is 0 Å². The molecule has 0 spiro atoms. The average Bonchev–Trinajstić information content (AvgIpc) is 2.08. The summed E-state index contributed by atoms with van der Waals surface area (Å²) in [6, 6.07) is 2.95. The second-order valence-electron chi connectivity index (χ2n) is 2.73. The lowest BCUT2D eigenvalue weighted by molar-refractivity contribution is 0.568. The Labute approximate surface area is 84.8 Å². The molecule has 1 aromatic rings. The van der Waals surface area contributed by atoms with Crippen LogP contribution in [0, 0.1) is 0 Å². The van der Waals surface area contributed by atoms with Crippen molar-refractivity contribution in [2.75, 3.05) is 0 Å². The summed E-state index contributed by atoms with van der Waals surface area (Å²) in [6.07, 6.45) is 2.95. The molecule has 2 N–H and O–H groups in total. The van der Waals surface area contributed by atoms with Crippen LogP contribution in [0.25, 0.3) is 6.08 Å². The first-order chi connectivity index (χ1) is 6.09. The number of halogens is 2. The van der Waals surface area contributed by atoms with Crippen molar-refractivity contribution in [3.8, 4) is 0 Å². The van der Waals surface area contributed by atoms with Crippen molar-refractivity contribution in [3.05, 3.63) is 34.3 Å². The lowest BCUT2D eigenvalue weighted by Gasteiger charge is -2.00. The molecular formula is C9H10BrFN2. The molecule has 0 aliphatic heterocycles. The molecule has 0 fully saturated rings. The summed E-state index contributed by atoms with van der Waals surface area (Å²) in [5.74, 6) is -0.343. The maximum Gasteiger partial charge on any atom is 0.117 e. The maximum atomic E-state index is 13.0. The Morgan fingerprint density at radius 1 is 1.69 bits per heavy atom. The highest BCUT2D eigenvalue weighted by molar-refractivity contribution is 9.10. The molecule has 0 bridgehead atoms. The molecule has 1 atom stereocenters. The van der Waals surface area contributed by atoms with E-state index in [9.17, 15) is 4.39 Å². The first-order valence-corrected chi connectivity index (χ1v) is 4.63. The molecule has 0 unspecified atom stereocenters. The third-order valence-electron chi connectivity index (χ3n) is 1.49. The lowest BCUT2D eigenvalue weighted by atomic mass is 10.2. The standard InChI is InChI=1S/C9H10BrFN2/c1-6(12)8(11)4-7-2-3-9(10)13-5-7/h2-6H,12H2,1H3/t6-/m0/s1. The quantitative estimate of drug-likeness (QED) is 0.813. The molecule has 70 valence electrons. The first kappa shape index (κ1) is 10.3. The van der Waals surface area contributed by atoms with Crippen molar-refractivity contribution in [1.82, 2.24) is 4.98 Å². The van der Waals surface area contributed by atoms with Crippen LogP contribution in [-0.2, 0) is 0 Å². The molecular weight excluding hydrogens is 235 g/mol. The van der Waals surface area contributed by atoms with E-state index in [1.165, 1.54) is 6.08 Å². The van der Waals surface area contributed by atoms with Crippen molar-refractivity contribution < 1.29 is 4.39 Å². The Morgan fingerprint density at radius 2 is 2.38 bits per heavy atom. The van der Waals surface area contributed by atoms with Crippen molar-refractivity contribution in [1.29, 1.82) is 0 Å². The molecule has 1 aromatic heterocycles. The number of hydrogen-bond acceptors (Lipinski definition) is 2. The van der Waals surface area contributed by atoms with Crippen molar-refractivity contribution in [2.24, 2.45) is 5.73 Å². The molecule has 0 radical (unpaired) electrons. The van der Waals surface area contributed by atoms with Gasteiger partial charge in [0.25, 0.3) is 0 Å². The van der Waals surface area contributed by atoms with Crippen molar-refractivity contribution >= 4 is 22.0 Å². The second kappa shape index (κ2) is 4.48. The number of hydrogen-bond donors (Lipinski definition) is 1. The number of rotatable bonds is 2. The molecule has 0 saturated heterocycles.